The number of hydrogen-bond acceptors (Lipinski definition) is 3. The van der Waals surface area contributed by atoms with Gasteiger partial charge in [-0.25, -0.2) is 0 Å². The molecule has 2 aliphatic rings. The predicted octanol–water partition coefficient (Wildman–Crippen LogP) is 1.34. The smallest absolute Gasteiger partial charge is 0.240 e. The summed E-state index contributed by atoms with van der Waals surface area (Å²) >= 11 is 0. The molecular formula is C17H25N3O. The van der Waals surface area contributed by atoms with Crippen molar-refractivity contribution in [3.8, 4) is 0 Å². The van der Waals surface area contributed by atoms with Crippen LogP contribution in [-0.2, 0) is 4.79 Å². The number of nitrogens with one attached hydrogen (secondary N) is 2. The van der Waals surface area contributed by atoms with E-state index in [4.69, 9.17) is 0 Å². The summed E-state index contributed by atoms with van der Waals surface area (Å²) in [6.07, 6.45) is 1.83. The zero-order chi connectivity index (χ0) is 14.7. The zero-order valence-corrected chi connectivity index (χ0v) is 12.8. The largest absolute Gasteiger partial charge is 0.353 e. The van der Waals surface area contributed by atoms with Crippen LogP contribution in [0.3, 0.4) is 0 Å². The molecule has 2 heterocycles. The van der Waals surface area contributed by atoms with Gasteiger partial charge in [0.2, 0.25) is 5.91 Å². The lowest BCUT2D eigenvalue weighted by Gasteiger charge is -2.44. The van der Waals surface area contributed by atoms with E-state index in [-0.39, 0.29) is 11.4 Å². The van der Waals surface area contributed by atoms with E-state index in [1.54, 1.807) is 0 Å². The molecule has 2 fully saturated rings. The highest BCUT2D eigenvalue weighted by atomic mass is 16.2. The van der Waals surface area contributed by atoms with E-state index < -0.39 is 0 Å². The van der Waals surface area contributed by atoms with Gasteiger partial charge in [-0.15, -0.1) is 0 Å². The van der Waals surface area contributed by atoms with Gasteiger partial charge in [0.05, 0.1) is 0 Å². The second kappa shape index (κ2) is 6.16. The fourth-order valence-electron chi connectivity index (χ4n) is 3.52. The average Bonchev–Trinajstić information content (AvgIpc) is 2.53. The van der Waals surface area contributed by atoms with Crippen molar-refractivity contribution in [3.05, 3.63) is 35.9 Å². The maximum atomic E-state index is 12.1. The van der Waals surface area contributed by atoms with Gasteiger partial charge in [-0.2, -0.15) is 0 Å². The average molecular weight is 287 g/mol. The third kappa shape index (κ3) is 3.11. The standard InChI is InChI=1S/C17H25N3O/c1-14(15-5-3-2-4-6-15)13-20-11-7-17(8-12-20)16(21)18-9-10-19-17/h2-6,14,19H,7-13H2,1H3,(H,18,21). The fourth-order valence-corrected chi connectivity index (χ4v) is 3.52. The third-order valence-corrected chi connectivity index (χ3v) is 4.92. The van der Waals surface area contributed by atoms with Gasteiger partial charge in [0, 0.05) is 32.7 Å². The summed E-state index contributed by atoms with van der Waals surface area (Å²) in [6, 6.07) is 10.7. The second-order valence-electron chi connectivity index (χ2n) is 6.38. The molecular weight excluding hydrogens is 262 g/mol. The van der Waals surface area contributed by atoms with Crippen molar-refractivity contribution in [2.24, 2.45) is 0 Å². The first-order valence-electron chi connectivity index (χ1n) is 8.00. The molecule has 1 amide bonds. The highest BCUT2D eigenvalue weighted by molar-refractivity contribution is 5.87. The Kier molecular flexibility index (Phi) is 4.27. The molecule has 4 heteroatoms. The topological polar surface area (TPSA) is 44.4 Å². The number of piperidine rings is 1. The molecule has 2 aliphatic heterocycles. The maximum absolute atomic E-state index is 12.1. The molecule has 4 nitrogen and oxygen atoms in total. The van der Waals surface area contributed by atoms with Gasteiger partial charge in [0.1, 0.15) is 5.54 Å². The van der Waals surface area contributed by atoms with E-state index in [1.165, 1.54) is 5.56 Å². The van der Waals surface area contributed by atoms with E-state index in [2.05, 4.69) is 52.8 Å². The summed E-state index contributed by atoms with van der Waals surface area (Å²) in [6.45, 7) is 7.00. The number of benzene rings is 1. The Bertz CT molecular complexity index is 480. The maximum Gasteiger partial charge on any atom is 0.240 e. The molecule has 114 valence electrons. The molecule has 1 aromatic rings. The van der Waals surface area contributed by atoms with Crippen LogP contribution in [0.5, 0.6) is 0 Å². The van der Waals surface area contributed by atoms with Crippen molar-refractivity contribution >= 4 is 5.91 Å². The van der Waals surface area contributed by atoms with E-state index in [0.717, 1.165) is 45.6 Å². The van der Waals surface area contributed by atoms with Crippen molar-refractivity contribution < 1.29 is 4.79 Å². The molecule has 0 aliphatic carbocycles. The number of nitrogens with zero attached hydrogens (tertiary/aromatic N) is 1. The Morgan fingerprint density at radius 3 is 2.57 bits per heavy atom. The van der Waals surface area contributed by atoms with Crippen molar-refractivity contribution in [2.75, 3.05) is 32.7 Å². The second-order valence-corrected chi connectivity index (χ2v) is 6.38. The van der Waals surface area contributed by atoms with Crippen LogP contribution in [0.25, 0.3) is 0 Å². The first kappa shape index (κ1) is 14.5. The van der Waals surface area contributed by atoms with Gasteiger partial charge >= 0.3 is 0 Å². The normalized spacial score (nSPS) is 23.8. The molecule has 1 spiro atoms. The van der Waals surface area contributed by atoms with Gasteiger partial charge in [0.25, 0.3) is 0 Å². The SMILES string of the molecule is CC(CN1CCC2(CC1)NCCNC2=O)c1ccccc1. The molecule has 2 saturated heterocycles. The van der Waals surface area contributed by atoms with Crippen LogP contribution in [0.4, 0.5) is 0 Å². The number of likely N-dealkylation sites (tertiary alicyclic amines) is 1. The van der Waals surface area contributed by atoms with Gasteiger partial charge in [-0.05, 0) is 24.3 Å². The van der Waals surface area contributed by atoms with Crippen LogP contribution in [0.2, 0.25) is 0 Å². The minimum absolute atomic E-state index is 0.199. The number of amides is 1. The Morgan fingerprint density at radius 1 is 1.19 bits per heavy atom. The van der Waals surface area contributed by atoms with Gasteiger partial charge in [-0.1, -0.05) is 37.3 Å². The molecule has 21 heavy (non-hydrogen) atoms. The lowest BCUT2D eigenvalue weighted by atomic mass is 9.84. The molecule has 1 atom stereocenters. The summed E-state index contributed by atoms with van der Waals surface area (Å²) < 4.78 is 0. The number of rotatable bonds is 3. The van der Waals surface area contributed by atoms with Crippen molar-refractivity contribution in [2.45, 2.75) is 31.2 Å². The molecule has 1 aromatic carbocycles. The van der Waals surface area contributed by atoms with Crippen molar-refractivity contribution in [1.29, 1.82) is 0 Å². The lowest BCUT2D eigenvalue weighted by molar-refractivity contribution is -0.131. The van der Waals surface area contributed by atoms with E-state index in [1.807, 2.05) is 0 Å². The Hall–Kier alpha value is -1.39. The summed E-state index contributed by atoms with van der Waals surface area (Å²) in [4.78, 5) is 14.6. The number of hydrogen-bond donors (Lipinski definition) is 2. The predicted molar refractivity (Wildman–Crippen MR) is 84.3 cm³/mol. The highest BCUT2D eigenvalue weighted by Gasteiger charge is 2.42. The fraction of sp³-hybridized carbons (Fsp3) is 0.588. The van der Waals surface area contributed by atoms with E-state index in [0.29, 0.717) is 5.92 Å². The van der Waals surface area contributed by atoms with E-state index in [9.17, 15) is 4.79 Å². The van der Waals surface area contributed by atoms with Crippen molar-refractivity contribution in [1.82, 2.24) is 15.5 Å². The minimum Gasteiger partial charge on any atom is -0.353 e. The molecule has 0 radical (unpaired) electrons. The molecule has 0 aromatic heterocycles. The molecule has 0 bridgehead atoms. The third-order valence-electron chi connectivity index (χ3n) is 4.92. The zero-order valence-electron chi connectivity index (χ0n) is 12.8. The van der Waals surface area contributed by atoms with E-state index >= 15 is 0 Å². The number of piperazine rings is 1. The highest BCUT2D eigenvalue weighted by Crippen LogP contribution is 2.26. The summed E-state index contributed by atoms with van der Waals surface area (Å²) in [5.41, 5.74) is 1.09. The quantitative estimate of drug-likeness (QED) is 0.882. The van der Waals surface area contributed by atoms with Crippen molar-refractivity contribution in [3.63, 3.8) is 0 Å². The van der Waals surface area contributed by atoms with Gasteiger partial charge < -0.3 is 15.5 Å². The van der Waals surface area contributed by atoms with Gasteiger partial charge in [0.15, 0.2) is 0 Å². The number of carbonyl (C=O) groups excluding carboxylic acids is 1. The van der Waals surface area contributed by atoms with Crippen LogP contribution in [0, 0.1) is 0 Å². The monoisotopic (exact) mass is 287 g/mol. The molecule has 0 saturated carbocycles. The number of carbonyl (C=O) groups is 1. The molecule has 1 unspecified atom stereocenters. The summed E-state index contributed by atoms with van der Waals surface area (Å²) in [7, 11) is 0. The summed E-state index contributed by atoms with van der Waals surface area (Å²) in [5, 5.41) is 6.46. The first-order valence-corrected chi connectivity index (χ1v) is 8.00. The van der Waals surface area contributed by atoms with Crippen LogP contribution >= 0.6 is 0 Å². The molecule has 3 rings (SSSR count). The van der Waals surface area contributed by atoms with Gasteiger partial charge in [-0.3, -0.25) is 4.79 Å². The lowest BCUT2D eigenvalue weighted by Crippen LogP contribution is -2.66. The van der Waals surface area contributed by atoms with Crippen LogP contribution < -0.4 is 10.6 Å². The minimum atomic E-state index is -0.301. The summed E-state index contributed by atoms with van der Waals surface area (Å²) in [5.74, 6) is 0.734. The Balaban J connectivity index is 1.55. The van der Waals surface area contributed by atoms with Crippen LogP contribution in [-0.4, -0.2) is 49.1 Å². The Labute approximate surface area is 126 Å². The Morgan fingerprint density at radius 2 is 1.90 bits per heavy atom. The molecule has 2 N–H and O–H groups in total. The first-order chi connectivity index (χ1) is 10.2. The van der Waals surface area contributed by atoms with Crippen LogP contribution in [0.1, 0.15) is 31.2 Å². The van der Waals surface area contributed by atoms with Crippen LogP contribution in [0.15, 0.2) is 30.3 Å².